The van der Waals surface area contributed by atoms with Crippen LogP contribution in [0.2, 0.25) is 5.02 Å². The molecule has 2 N–H and O–H groups in total. The molecule has 1 aliphatic rings. The van der Waals surface area contributed by atoms with E-state index in [1.54, 1.807) is 13.0 Å². The highest BCUT2D eigenvalue weighted by atomic mass is 35.5. The maximum Gasteiger partial charge on any atom is 0.342 e. The monoisotopic (exact) mass is 350 g/mol. The lowest BCUT2D eigenvalue weighted by Crippen LogP contribution is -2.17. The van der Waals surface area contributed by atoms with E-state index < -0.39 is 23.6 Å². The van der Waals surface area contributed by atoms with E-state index in [0.717, 1.165) is 12.5 Å². The topological polar surface area (TPSA) is 83.8 Å². The fraction of sp³-hybridized carbons (Fsp3) is 0.333. The standard InChI is InChI=1S/C18H19ClO5/c1-11-7-5-3-2-4-6-8-12(20)9-13-16(18(23)24-11)14(21)10-15(22)17(13)19/h3,5-6,8,10-11,21-22H,2,4,7,9H2,1H3/b5-3-,8-6-/t11-/m0/s1. The van der Waals surface area contributed by atoms with E-state index in [9.17, 15) is 19.8 Å². The molecule has 1 heterocycles. The summed E-state index contributed by atoms with van der Waals surface area (Å²) in [7, 11) is 0. The molecule has 0 aromatic heterocycles. The Labute approximate surface area is 145 Å². The van der Waals surface area contributed by atoms with Gasteiger partial charge in [-0.3, -0.25) is 4.79 Å². The van der Waals surface area contributed by atoms with Gasteiger partial charge >= 0.3 is 5.97 Å². The number of carbonyl (C=O) groups is 2. The fourth-order valence-corrected chi connectivity index (χ4v) is 2.63. The lowest BCUT2D eigenvalue weighted by atomic mass is 9.99. The number of hydrogen-bond acceptors (Lipinski definition) is 5. The van der Waals surface area contributed by atoms with Gasteiger partial charge in [-0.05, 0) is 25.8 Å². The SMILES string of the molecule is C[C@H]1C/C=C\CC/C=C\C(=O)Cc2c(Cl)c(O)cc(O)c2C(=O)O1. The molecule has 0 radical (unpaired) electrons. The van der Waals surface area contributed by atoms with E-state index >= 15 is 0 Å². The normalized spacial score (nSPS) is 22.2. The molecule has 0 bridgehead atoms. The van der Waals surface area contributed by atoms with Crippen molar-refractivity contribution in [2.24, 2.45) is 0 Å². The van der Waals surface area contributed by atoms with Crippen molar-refractivity contribution < 1.29 is 24.5 Å². The Morgan fingerprint density at radius 3 is 2.58 bits per heavy atom. The first-order chi connectivity index (χ1) is 11.4. The Bertz CT molecular complexity index is 706. The van der Waals surface area contributed by atoms with Crippen LogP contribution in [0.25, 0.3) is 0 Å². The van der Waals surface area contributed by atoms with Crippen molar-refractivity contribution in [3.05, 3.63) is 46.5 Å². The second-order valence-corrected chi connectivity index (χ2v) is 6.01. The largest absolute Gasteiger partial charge is 0.507 e. The van der Waals surface area contributed by atoms with Gasteiger partial charge in [-0.2, -0.15) is 0 Å². The van der Waals surface area contributed by atoms with E-state index in [4.69, 9.17) is 16.3 Å². The summed E-state index contributed by atoms with van der Waals surface area (Å²) in [4.78, 5) is 24.5. The second kappa shape index (κ2) is 8.02. The highest BCUT2D eigenvalue weighted by Crippen LogP contribution is 2.37. The molecule has 2 rings (SSSR count). The molecule has 128 valence electrons. The number of carbonyl (C=O) groups excluding carboxylic acids is 2. The minimum atomic E-state index is -0.779. The highest BCUT2D eigenvalue weighted by Gasteiger charge is 2.25. The number of rotatable bonds is 0. The Kier molecular flexibility index (Phi) is 6.04. The number of fused-ring (bicyclic) bond motifs is 1. The Balaban J connectivity index is 2.49. The minimum Gasteiger partial charge on any atom is -0.507 e. The molecule has 1 aliphatic heterocycles. The van der Waals surface area contributed by atoms with Gasteiger partial charge in [-0.1, -0.05) is 29.8 Å². The van der Waals surface area contributed by atoms with E-state index in [2.05, 4.69) is 0 Å². The summed E-state index contributed by atoms with van der Waals surface area (Å²) in [6, 6.07) is 0.969. The van der Waals surface area contributed by atoms with Crippen LogP contribution in [0.1, 0.15) is 42.1 Å². The summed E-state index contributed by atoms with van der Waals surface area (Å²) >= 11 is 6.05. The average Bonchev–Trinajstić information content (AvgIpc) is 2.50. The highest BCUT2D eigenvalue weighted by molar-refractivity contribution is 6.33. The van der Waals surface area contributed by atoms with Gasteiger partial charge in [0.05, 0.1) is 5.02 Å². The van der Waals surface area contributed by atoms with Crippen molar-refractivity contribution in [2.75, 3.05) is 0 Å². The number of aromatic hydroxyl groups is 2. The van der Waals surface area contributed by atoms with Crippen molar-refractivity contribution in [1.82, 2.24) is 0 Å². The van der Waals surface area contributed by atoms with Crippen LogP contribution in [0.5, 0.6) is 11.5 Å². The molecule has 1 atom stereocenters. The van der Waals surface area contributed by atoms with Crippen molar-refractivity contribution in [2.45, 2.75) is 38.7 Å². The maximum absolute atomic E-state index is 12.4. The minimum absolute atomic E-state index is 0.0635. The average molecular weight is 351 g/mol. The van der Waals surface area contributed by atoms with Crippen LogP contribution in [0.4, 0.5) is 0 Å². The molecule has 1 aromatic carbocycles. The predicted octanol–water partition coefficient (Wildman–Crippen LogP) is 3.70. The molecular formula is C18H19ClO5. The van der Waals surface area contributed by atoms with Gasteiger partial charge in [-0.15, -0.1) is 0 Å². The molecule has 0 aliphatic carbocycles. The first-order valence-corrected chi connectivity index (χ1v) is 8.06. The van der Waals surface area contributed by atoms with Crippen LogP contribution in [0.3, 0.4) is 0 Å². The zero-order valence-corrected chi connectivity index (χ0v) is 14.0. The molecule has 1 aromatic rings. The molecule has 0 unspecified atom stereocenters. The number of ether oxygens (including phenoxy) is 1. The van der Waals surface area contributed by atoms with E-state index in [1.807, 2.05) is 12.2 Å². The molecule has 0 amide bonds. The molecular weight excluding hydrogens is 332 g/mol. The summed E-state index contributed by atoms with van der Waals surface area (Å²) in [5.74, 6) is -1.93. The summed E-state index contributed by atoms with van der Waals surface area (Å²) in [5.41, 5.74) is -0.124. The van der Waals surface area contributed by atoms with Gasteiger partial charge in [0.25, 0.3) is 0 Å². The number of halogens is 1. The zero-order valence-electron chi connectivity index (χ0n) is 13.3. The van der Waals surface area contributed by atoms with Gasteiger partial charge in [0, 0.05) is 24.5 Å². The van der Waals surface area contributed by atoms with Crippen LogP contribution in [-0.2, 0) is 16.0 Å². The van der Waals surface area contributed by atoms with Crippen LogP contribution in [0.15, 0.2) is 30.4 Å². The second-order valence-electron chi connectivity index (χ2n) is 5.63. The van der Waals surface area contributed by atoms with Crippen molar-refractivity contribution in [3.63, 3.8) is 0 Å². The summed E-state index contributed by atoms with van der Waals surface area (Å²) in [6.45, 7) is 1.73. The predicted molar refractivity (Wildman–Crippen MR) is 90.5 cm³/mol. The van der Waals surface area contributed by atoms with Crippen LogP contribution in [-0.4, -0.2) is 28.1 Å². The summed E-state index contributed by atoms with van der Waals surface area (Å²) in [6.07, 6.45) is 8.44. The third-order valence-corrected chi connectivity index (χ3v) is 4.04. The van der Waals surface area contributed by atoms with Crippen molar-refractivity contribution in [3.8, 4) is 11.5 Å². The first-order valence-electron chi connectivity index (χ1n) is 7.68. The van der Waals surface area contributed by atoms with Gasteiger partial charge in [-0.25, -0.2) is 4.79 Å². The van der Waals surface area contributed by atoms with Crippen molar-refractivity contribution in [1.29, 1.82) is 0 Å². The number of benzene rings is 1. The molecule has 5 nitrogen and oxygen atoms in total. The molecule has 6 heteroatoms. The van der Waals surface area contributed by atoms with Crippen LogP contribution in [0, 0.1) is 0 Å². The number of hydrogen-bond donors (Lipinski definition) is 2. The third-order valence-electron chi connectivity index (χ3n) is 3.62. The molecule has 0 saturated heterocycles. The first kappa shape index (κ1) is 18.1. The smallest absolute Gasteiger partial charge is 0.342 e. The Hall–Kier alpha value is -2.27. The van der Waals surface area contributed by atoms with E-state index in [0.29, 0.717) is 12.8 Å². The van der Waals surface area contributed by atoms with E-state index in [-0.39, 0.29) is 28.4 Å². The quantitative estimate of drug-likeness (QED) is 0.550. The van der Waals surface area contributed by atoms with Gasteiger partial charge < -0.3 is 14.9 Å². The number of ketones is 1. The lowest BCUT2D eigenvalue weighted by molar-refractivity contribution is -0.114. The lowest BCUT2D eigenvalue weighted by Gasteiger charge is -2.16. The van der Waals surface area contributed by atoms with Crippen LogP contribution >= 0.6 is 11.6 Å². The number of phenolic OH excluding ortho intramolecular Hbond substituents is 2. The fourth-order valence-electron chi connectivity index (χ4n) is 2.41. The van der Waals surface area contributed by atoms with Crippen molar-refractivity contribution >= 4 is 23.4 Å². The summed E-state index contributed by atoms with van der Waals surface area (Å²) in [5, 5.41) is 19.7. The Morgan fingerprint density at radius 2 is 1.83 bits per heavy atom. The number of allylic oxidation sites excluding steroid dienone is 3. The van der Waals surface area contributed by atoms with Crippen LogP contribution < -0.4 is 0 Å². The van der Waals surface area contributed by atoms with Gasteiger partial charge in [0.2, 0.25) is 0 Å². The van der Waals surface area contributed by atoms with E-state index in [1.165, 1.54) is 6.08 Å². The van der Waals surface area contributed by atoms with Gasteiger partial charge in [0.1, 0.15) is 23.2 Å². The number of cyclic esters (lactones) is 1. The van der Waals surface area contributed by atoms with Gasteiger partial charge in [0.15, 0.2) is 5.78 Å². The summed E-state index contributed by atoms with van der Waals surface area (Å²) < 4.78 is 5.31. The molecule has 0 spiro atoms. The molecule has 0 saturated carbocycles. The molecule has 24 heavy (non-hydrogen) atoms. The Morgan fingerprint density at radius 1 is 1.12 bits per heavy atom. The number of esters is 1. The molecule has 0 fully saturated rings. The maximum atomic E-state index is 12.4. The third kappa shape index (κ3) is 4.38. The zero-order chi connectivity index (χ0) is 17.7. The number of phenols is 2.